The van der Waals surface area contributed by atoms with Gasteiger partial charge < -0.3 is 15.2 Å². The van der Waals surface area contributed by atoms with Crippen molar-refractivity contribution in [2.45, 2.75) is 11.4 Å². The number of hydrogen-bond donors (Lipinski definition) is 1. The van der Waals surface area contributed by atoms with E-state index in [1.54, 1.807) is 12.1 Å². The fraction of sp³-hybridized carbons (Fsp3) is 0.143. The minimum Gasteiger partial charge on any atom is -0.573 e. The predicted molar refractivity (Wildman–Crippen MR) is 76.2 cm³/mol. The summed E-state index contributed by atoms with van der Waals surface area (Å²) in [5.74, 6) is -0.364. The van der Waals surface area contributed by atoms with Crippen LogP contribution in [-0.4, -0.2) is 15.5 Å². The average molecular weight is 310 g/mol. The molecule has 2 aromatic carbocycles. The third kappa shape index (κ3) is 3.50. The topological polar surface area (TPSA) is 85.1 Å². The molecule has 0 heterocycles. The largest absolute Gasteiger partial charge is 0.573 e. The monoisotopic (exact) mass is 310 g/mol. The van der Waals surface area contributed by atoms with Crippen LogP contribution in [0.4, 0.5) is 10.1 Å². The molecule has 0 aromatic heterocycles. The highest BCUT2D eigenvalue weighted by Crippen LogP contribution is 2.31. The number of nitrogens with zero attached hydrogens (tertiary/aromatic N) is 1. The first-order valence-electron chi connectivity index (χ1n) is 6.16. The van der Waals surface area contributed by atoms with Gasteiger partial charge in [0.2, 0.25) is 0 Å². The summed E-state index contributed by atoms with van der Waals surface area (Å²) < 4.78 is 46.8. The molecule has 5 nitrogen and oxygen atoms in total. The zero-order chi connectivity index (χ0) is 15.5. The van der Waals surface area contributed by atoms with Crippen molar-refractivity contribution in [1.82, 2.24) is 0 Å². The number of ether oxygens (including phenoxy) is 1. The zero-order valence-electron chi connectivity index (χ0n) is 11.4. The Morgan fingerprint density at radius 2 is 2.00 bits per heavy atom. The first kappa shape index (κ1) is 15.3. The molecule has 0 aliphatic carbocycles. The molecule has 0 aliphatic rings. The molecule has 0 radical (unpaired) electrons. The second-order valence-electron chi connectivity index (χ2n) is 4.28. The summed E-state index contributed by atoms with van der Waals surface area (Å²) in [6, 6.07) is 10.1. The highest BCUT2D eigenvalue weighted by Gasteiger charge is 2.12. The maximum Gasteiger partial charge on any atom is 0.140 e. The van der Waals surface area contributed by atoms with Gasteiger partial charge >= 0.3 is 0 Å². The summed E-state index contributed by atoms with van der Waals surface area (Å²) in [6.45, 7) is 0.363. The molecule has 0 unspecified atom stereocenters. The van der Waals surface area contributed by atoms with Crippen molar-refractivity contribution in [2.75, 3.05) is 7.11 Å². The molecule has 112 valence electrons. The summed E-state index contributed by atoms with van der Waals surface area (Å²) in [5, 5.41) is 0. The van der Waals surface area contributed by atoms with Gasteiger partial charge in [-0.1, -0.05) is 18.2 Å². The Labute approximate surface area is 122 Å². The molecule has 21 heavy (non-hydrogen) atoms. The normalized spacial score (nSPS) is 11.2. The molecule has 0 aliphatic heterocycles. The standard InChI is InChI=1S/C14H14FN2O3S/c1-20-12-4-2-3-11(8-12)17-21(18,19)14-7-10(9-16)5-6-13(14)15/h2-8H,9,16H2,1H3/q-1/p+1. The Bertz CT molecular complexity index is 748. The lowest BCUT2D eigenvalue weighted by Crippen LogP contribution is -2.47. The molecule has 0 saturated carbocycles. The number of halogens is 1. The smallest absolute Gasteiger partial charge is 0.140 e. The molecule has 0 fully saturated rings. The number of benzene rings is 2. The van der Waals surface area contributed by atoms with Crippen LogP contribution in [-0.2, 0) is 16.6 Å². The third-order valence-electron chi connectivity index (χ3n) is 2.84. The van der Waals surface area contributed by atoms with Crippen LogP contribution in [0.5, 0.6) is 5.75 Å². The predicted octanol–water partition coefficient (Wildman–Crippen LogP) is 1.97. The third-order valence-corrected chi connectivity index (χ3v) is 4.16. The minimum atomic E-state index is -4.13. The Morgan fingerprint density at radius 1 is 1.24 bits per heavy atom. The van der Waals surface area contributed by atoms with Crippen molar-refractivity contribution >= 4 is 15.7 Å². The van der Waals surface area contributed by atoms with Crippen LogP contribution in [0.15, 0.2) is 47.4 Å². The number of sulfonamides is 1. The summed E-state index contributed by atoms with van der Waals surface area (Å²) >= 11 is 0. The molecule has 0 bridgehead atoms. The number of quaternary nitrogens is 1. The van der Waals surface area contributed by atoms with E-state index in [1.165, 1.54) is 31.4 Å². The molecule has 0 spiro atoms. The first-order chi connectivity index (χ1) is 9.96. The molecular weight excluding hydrogens is 295 g/mol. The van der Waals surface area contributed by atoms with Gasteiger partial charge in [0.1, 0.15) is 21.6 Å². The number of hydrogen-bond acceptors (Lipinski definition) is 3. The van der Waals surface area contributed by atoms with Gasteiger partial charge in [-0.2, -0.15) is 0 Å². The summed E-state index contributed by atoms with van der Waals surface area (Å²) in [5.41, 5.74) is 4.45. The maximum atomic E-state index is 13.8. The van der Waals surface area contributed by atoms with Crippen molar-refractivity contribution < 1.29 is 23.3 Å². The molecule has 3 N–H and O–H groups in total. The molecule has 0 amide bonds. The van der Waals surface area contributed by atoms with E-state index in [0.29, 0.717) is 17.9 Å². The zero-order valence-corrected chi connectivity index (χ0v) is 12.2. The quantitative estimate of drug-likeness (QED) is 0.916. The Kier molecular flexibility index (Phi) is 4.44. The van der Waals surface area contributed by atoms with E-state index in [0.717, 1.165) is 6.07 Å². The van der Waals surface area contributed by atoms with Crippen LogP contribution in [0.1, 0.15) is 5.56 Å². The Balaban J connectivity index is 2.38. The van der Waals surface area contributed by atoms with Crippen molar-refractivity contribution in [2.24, 2.45) is 0 Å². The summed E-state index contributed by atoms with van der Waals surface area (Å²) in [7, 11) is -2.67. The van der Waals surface area contributed by atoms with Crippen LogP contribution in [0.3, 0.4) is 0 Å². The fourth-order valence-electron chi connectivity index (χ4n) is 1.76. The van der Waals surface area contributed by atoms with E-state index in [-0.39, 0.29) is 5.69 Å². The minimum absolute atomic E-state index is 0.175. The second-order valence-corrected chi connectivity index (χ2v) is 5.86. The van der Waals surface area contributed by atoms with Crippen molar-refractivity contribution in [3.63, 3.8) is 0 Å². The van der Waals surface area contributed by atoms with Gasteiger partial charge in [-0.25, -0.2) is 12.8 Å². The summed E-state index contributed by atoms with van der Waals surface area (Å²) in [6.07, 6.45) is 0. The second kappa shape index (κ2) is 6.11. The van der Waals surface area contributed by atoms with E-state index in [1.807, 2.05) is 0 Å². The van der Waals surface area contributed by atoms with E-state index in [4.69, 9.17) is 4.74 Å². The van der Waals surface area contributed by atoms with Crippen molar-refractivity contribution in [1.29, 1.82) is 0 Å². The first-order valence-corrected chi connectivity index (χ1v) is 7.60. The maximum absolute atomic E-state index is 13.8. The Hall–Kier alpha value is -2.12. The average Bonchev–Trinajstić information content (AvgIpc) is 2.47. The molecule has 0 atom stereocenters. The van der Waals surface area contributed by atoms with Crippen LogP contribution in [0.2, 0.25) is 0 Å². The molecule has 7 heteroatoms. The van der Waals surface area contributed by atoms with Gasteiger partial charge in [-0.3, -0.25) is 0 Å². The van der Waals surface area contributed by atoms with Crippen LogP contribution >= 0.6 is 0 Å². The summed E-state index contributed by atoms with van der Waals surface area (Å²) in [4.78, 5) is -0.452. The van der Waals surface area contributed by atoms with Crippen LogP contribution in [0.25, 0.3) is 4.72 Å². The fourth-order valence-corrected chi connectivity index (χ4v) is 2.86. The van der Waals surface area contributed by atoms with E-state index in [2.05, 4.69) is 10.5 Å². The van der Waals surface area contributed by atoms with Gasteiger partial charge in [-0.05, 0) is 24.3 Å². The Morgan fingerprint density at radius 3 is 2.67 bits per heavy atom. The molecular formula is C14H15FN2O3S. The molecule has 2 rings (SSSR count). The van der Waals surface area contributed by atoms with Crippen molar-refractivity contribution in [3.05, 3.63) is 58.6 Å². The highest BCUT2D eigenvalue weighted by molar-refractivity contribution is 7.94. The van der Waals surface area contributed by atoms with Gasteiger partial charge in [-0.15, -0.1) is 5.69 Å². The SMILES string of the molecule is COc1cccc([N-]S(=O)(=O)c2cc(C[NH3+])ccc2F)c1. The van der Waals surface area contributed by atoms with Crippen LogP contribution in [0, 0.1) is 5.82 Å². The highest BCUT2D eigenvalue weighted by atomic mass is 32.2. The lowest BCUT2D eigenvalue weighted by atomic mass is 10.2. The lowest BCUT2D eigenvalue weighted by Gasteiger charge is -2.22. The van der Waals surface area contributed by atoms with Gasteiger partial charge in [0.25, 0.3) is 0 Å². The van der Waals surface area contributed by atoms with E-state index in [9.17, 15) is 12.8 Å². The molecule has 0 saturated heterocycles. The number of rotatable bonds is 5. The molecule has 2 aromatic rings. The van der Waals surface area contributed by atoms with Gasteiger partial charge in [0.15, 0.2) is 0 Å². The van der Waals surface area contributed by atoms with E-state index < -0.39 is 20.7 Å². The van der Waals surface area contributed by atoms with Crippen LogP contribution < -0.4 is 10.5 Å². The van der Waals surface area contributed by atoms with E-state index >= 15 is 0 Å². The van der Waals surface area contributed by atoms with Crippen molar-refractivity contribution in [3.8, 4) is 5.75 Å². The lowest BCUT2D eigenvalue weighted by molar-refractivity contribution is -0.386. The number of methoxy groups -OCH3 is 1. The van der Waals surface area contributed by atoms with Gasteiger partial charge in [0.05, 0.1) is 18.6 Å². The van der Waals surface area contributed by atoms with Gasteiger partial charge in [0, 0.05) is 5.56 Å².